The fourth-order valence-electron chi connectivity index (χ4n) is 1.33. The van der Waals surface area contributed by atoms with Crippen molar-refractivity contribution in [2.75, 3.05) is 20.8 Å². The van der Waals surface area contributed by atoms with Crippen LogP contribution in [-0.4, -0.2) is 42.9 Å². The molecule has 0 spiro atoms. The van der Waals surface area contributed by atoms with E-state index in [-0.39, 0.29) is 11.8 Å². The van der Waals surface area contributed by atoms with Crippen LogP contribution in [0.25, 0.3) is 0 Å². The lowest BCUT2D eigenvalue weighted by Gasteiger charge is -2.27. The highest BCUT2D eigenvalue weighted by Crippen LogP contribution is 2.19. The number of hydroxylamine groups is 1. The van der Waals surface area contributed by atoms with Crippen LogP contribution in [0.2, 0.25) is 0 Å². The zero-order valence-electron chi connectivity index (χ0n) is 8.52. The second-order valence-electron chi connectivity index (χ2n) is 3.08. The summed E-state index contributed by atoms with van der Waals surface area (Å²) in [7, 11) is 2.55. The maximum Gasteiger partial charge on any atom is 0.454 e. The molecule has 1 saturated heterocycles. The molecule has 80 valence electrons. The molecule has 1 rings (SSSR count). The van der Waals surface area contributed by atoms with E-state index in [0.29, 0.717) is 6.54 Å². The van der Waals surface area contributed by atoms with Crippen LogP contribution in [0.3, 0.4) is 0 Å². The van der Waals surface area contributed by atoms with Crippen molar-refractivity contribution in [2.45, 2.75) is 13.3 Å². The first kappa shape index (κ1) is 10.8. The van der Waals surface area contributed by atoms with Crippen molar-refractivity contribution in [2.24, 2.45) is 5.92 Å². The molecule has 0 aromatic carbocycles. The fourth-order valence-corrected chi connectivity index (χ4v) is 1.33. The summed E-state index contributed by atoms with van der Waals surface area (Å²) in [5.74, 6) is -0.199. The summed E-state index contributed by atoms with van der Waals surface area (Å²) in [4.78, 5) is 27.5. The Labute approximate surface area is 82.3 Å². The Kier molecular flexibility index (Phi) is 3.29. The number of hydrogen-bond donors (Lipinski definition) is 0. The van der Waals surface area contributed by atoms with Gasteiger partial charge in [0.25, 0.3) is 0 Å². The molecule has 0 aromatic heterocycles. The highest BCUT2D eigenvalue weighted by atomic mass is 16.8. The third-order valence-electron chi connectivity index (χ3n) is 2.17. The van der Waals surface area contributed by atoms with Crippen LogP contribution in [0.1, 0.15) is 13.3 Å². The molecule has 0 aliphatic carbocycles. The molecule has 0 radical (unpaired) electrons. The predicted molar refractivity (Wildman–Crippen MR) is 46.7 cm³/mol. The summed E-state index contributed by atoms with van der Waals surface area (Å²) < 4.78 is 4.47. The predicted octanol–water partition coefficient (Wildman–Crippen LogP) is 0.400. The maximum atomic E-state index is 11.5. The Hall–Kier alpha value is -1.30. The van der Waals surface area contributed by atoms with Crippen LogP contribution < -0.4 is 0 Å². The van der Waals surface area contributed by atoms with Crippen molar-refractivity contribution in [3.63, 3.8) is 0 Å². The average molecular weight is 202 g/mol. The Bertz CT molecular complexity index is 243. The van der Waals surface area contributed by atoms with Crippen molar-refractivity contribution in [3.05, 3.63) is 0 Å². The molecule has 0 aromatic rings. The number of nitrogens with zero attached hydrogens (tertiary/aromatic N) is 2. The number of ether oxygens (including phenoxy) is 1. The minimum absolute atomic E-state index is 0.0719. The summed E-state index contributed by atoms with van der Waals surface area (Å²) >= 11 is 0. The molecule has 0 saturated carbocycles. The van der Waals surface area contributed by atoms with E-state index in [1.807, 2.05) is 6.92 Å². The van der Waals surface area contributed by atoms with Gasteiger partial charge in [-0.1, -0.05) is 12.1 Å². The van der Waals surface area contributed by atoms with Gasteiger partial charge in [-0.25, -0.2) is 9.80 Å². The van der Waals surface area contributed by atoms with Gasteiger partial charge in [0.05, 0.1) is 14.2 Å². The van der Waals surface area contributed by atoms with E-state index in [9.17, 15) is 9.59 Å². The molecule has 0 bridgehead atoms. The van der Waals surface area contributed by atoms with Crippen LogP contribution in [0.4, 0.5) is 4.79 Å². The standard InChI is InChI=1S/C8H14N2O4/c1-6-4-5-9(7(6)11)10(14-3)8(12)13-2/h6H,4-5H2,1-3H3. The summed E-state index contributed by atoms with van der Waals surface area (Å²) in [6.07, 6.45) is 0.0188. The van der Waals surface area contributed by atoms with E-state index in [0.717, 1.165) is 11.6 Å². The van der Waals surface area contributed by atoms with Gasteiger partial charge in [0.2, 0.25) is 5.91 Å². The third-order valence-corrected chi connectivity index (χ3v) is 2.17. The lowest BCUT2D eigenvalue weighted by Crippen LogP contribution is -2.47. The summed E-state index contributed by atoms with van der Waals surface area (Å²) in [5.41, 5.74) is 0. The molecule has 14 heavy (non-hydrogen) atoms. The van der Waals surface area contributed by atoms with Gasteiger partial charge in [-0.05, 0) is 6.42 Å². The van der Waals surface area contributed by atoms with Gasteiger partial charge in [0, 0.05) is 12.5 Å². The van der Waals surface area contributed by atoms with E-state index < -0.39 is 6.09 Å². The van der Waals surface area contributed by atoms with E-state index in [2.05, 4.69) is 4.74 Å². The largest absolute Gasteiger partial charge is 0.454 e. The van der Waals surface area contributed by atoms with E-state index in [1.54, 1.807) is 0 Å². The van der Waals surface area contributed by atoms with Gasteiger partial charge in [0.15, 0.2) is 0 Å². The number of carbonyl (C=O) groups excluding carboxylic acids is 2. The molecule has 2 amide bonds. The second-order valence-corrected chi connectivity index (χ2v) is 3.08. The number of carbonyl (C=O) groups is 2. The van der Waals surface area contributed by atoms with Crippen molar-refractivity contribution >= 4 is 12.0 Å². The number of methoxy groups -OCH3 is 1. The lowest BCUT2D eigenvalue weighted by molar-refractivity contribution is -0.227. The van der Waals surface area contributed by atoms with E-state index in [4.69, 9.17) is 4.84 Å². The normalized spacial score (nSPS) is 21.2. The topological polar surface area (TPSA) is 59.1 Å². The Morgan fingerprint density at radius 3 is 2.57 bits per heavy atom. The van der Waals surface area contributed by atoms with E-state index in [1.165, 1.54) is 19.2 Å². The zero-order valence-corrected chi connectivity index (χ0v) is 8.52. The van der Waals surface area contributed by atoms with Crippen LogP contribution in [0.15, 0.2) is 0 Å². The lowest BCUT2D eigenvalue weighted by atomic mass is 10.1. The molecule has 6 heteroatoms. The van der Waals surface area contributed by atoms with Crippen molar-refractivity contribution in [1.82, 2.24) is 10.2 Å². The molecule has 1 fully saturated rings. The number of rotatable bonds is 2. The SMILES string of the molecule is COC(=O)N(OC)N1CCC(C)C1=O. The molecule has 6 nitrogen and oxygen atoms in total. The smallest absolute Gasteiger partial charge is 0.450 e. The number of amides is 2. The Morgan fingerprint density at radius 2 is 2.21 bits per heavy atom. The monoisotopic (exact) mass is 202 g/mol. The third kappa shape index (κ3) is 1.79. The van der Waals surface area contributed by atoms with Crippen LogP contribution in [0, 0.1) is 5.92 Å². The molecular formula is C8H14N2O4. The summed E-state index contributed by atoms with van der Waals surface area (Å²) in [6, 6.07) is 0. The highest BCUT2D eigenvalue weighted by Gasteiger charge is 2.35. The molecule has 1 heterocycles. The molecule has 1 unspecified atom stereocenters. The van der Waals surface area contributed by atoms with Crippen LogP contribution >= 0.6 is 0 Å². The fraction of sp³-hybridized carbons (Fsp3) is 0.750. The van der Waals surface area contributed by atoms with Gasteiger partial charge >= 0.3 is 6.09 Å². The second kappa shape index (κ2) is 4.28. The number of hydrogen-bond acceptors (Lipinski definition) is 4. The highest BCUT2D eigenvalue weighted by molar-refractivity contribution is 5.82. The van der Waals surface area contributed by atoms with Crippen LogP contribution in [0.5, 0.6) is 0 Å². The summed E-state index contributed by atoms with van der Waals surface area (Å²) in [5, 5.41) is 2.09. The van der Waals surface area contributed by atoms with Gasteiger partial charge < -0.3 is 4.74 Å². The quantitative estimate of drug-likeness (QED) is 0.608. The molecular weight excluding hydrogens is 188 g/mol. The molecule has 1 aliphatic heterocycles. The van der Waals surface area contributed by atoms with Gasteiger partial charge in [-0.15, -0.1) is 0 Å². The van der Waals surface area contributed by atoms with Crippen LogP contribution in [-0.2, 0) is 14.4 Å². The first-order chi connectivity index (χ1) is 6.61. The van der Waals surface area contributed by atoms with Crippen molar-refractivity contribution in [1.29, 1.82) is 0 Å². The molecule has 1 atom stereocenters. The van der Waals surface area contributed by atoms with Crippen molar-refractivity contribution < 1.29 is 19.2 Å². The van der Waals surface area contributed by atoms with Crippen molar-refractivity contribution in [3.8, 4) is 0 Å². The minimum atomic E-state index is -0.699. The summed E-state index contributed by atoms with van der Waals surface area (Å²) in [6.45, 7) is 2.29. The number of hydrazine groups is 1. The average Bonchev–Trinajstić information content (AvgIpc) is 2.50. The maximum absolute atomic E-state index is 11.5. The first-order valence-corrected chi connectivity index (χ1v) is 4.35. The Balaban J connectivity index is 2.71. The Morgan fingerprint density at radius 1 is 1.57 bits per heavy atom. The van der Waals surface area contributed by atoms with Gasteiger partial charge in [0.1, 0.15) is 0 Å². The minimum Gasteiger partial charge on any atom is -0.450 e. The zero-order chi connectivity index (χ0) is 10.7. The van der Waals surface area contributed by atoms with Gasteiger partial charge in [-0.2, -0.15) is 0 Å². The van der Waals surface area contributed by atoms with E-state index >= 15 is 0 Å². The molecule has 0 N–H and O–H groups in total. The molecule has 1 aliphatic rings. The van der Waals surface area contributed by atoms with Gasteiger partial charge in [-0.3, -0.25) is 9.63 Å². The first-order valence-electron chi connectivity index (χ1n) is 4.35.